The first kappa shape index (κ1) is 12.6. The summed E-state index contributed by atoms with van der Waals surface area (Å²) < 4.78 is 0. The number of nitrogens with one attached hydrogen (secondary N) is 1. The monoisotopic (exact) mass is 185 g/mol. The van der Waals surface area contributed by atoms with Crippen molar-refractivity contribution in [2.45, 2.75) is 53.0 Å². The van der Waals surface area contributed by atoms with Gasteiger partial charge >= 0.3 is 0 Å². The van der Waals surface area contributed by atoms with Crippen LogP contribution in [-0.4, -0.2) is 17.9 Å². The normalized spacial score (nSPS) is 14.2. The molecular weight excluding hydrogens is 162 g/mol. The number of ketones is 1. The predicted octanol–water partition coefficient (Wildman–Crippen LogP) is 2.38. The summed E-state index contributed by atoms with van der Waals surface area (Å²) in [6, 6.07) is 0. The Kier molecular flexibility index (Phi) is 5.23. The van der Waals surface area contributed by atoms with Crippen molar-refractivity contribution >= 4 is 5.78 Å². The van der Waals surface area contributed by atoms with Gasteiger partial charge in [0.25, 0.3) is 0 Å². The summed E-state index contributed by atoms with van der Waals surface area (Å²) in [5.41, 5.74) is 0.0864. The fourth-order valence-corrected chi connectivity index (χ4v) is 0.853. The van der Waals surface area contributed by atoms with E-state index in [1.165, 1.54) is 0 Å². The summed E-state index contributed by atoms with van der Waals surface area (Å²) in [5.74, 6) is 0.518. The zero-order valence-corrected chi connectivity index (χ0v) is 9.61. The fourth-order valence-electron chi connectivity index (χ4n) is 0.853. The number of carbonyl (C=O) groups excluding carboxylic acids is 1. The molecular formula is C11H23NO. The van der Waals surface area contributed by atoms with Crippen LogP contribution in [0.2, 0.25) is 0 Å². The lowest BCUT2D eigenvalue weighted by Crippen LogP contribution is -2.42. The fraction of sp³-hybridized carbons (Fsp3) is 0.909. The molecule has 1 N–H and O–H groups in total. The summed E-state index contributed by atoms with van der Waals surface area (Å²) in [6.45, 7) is 10.9. The van der Waals surface area contributed by atoms with Crippen LogP contribution in [0.5, 0.6) is 0 Å². The van der Waals surface area contributed by atoms with Crippen LogP contribution in [0.25, 0.3) is 0 Å². The van der Waals surface area contributed by atoms with Gasteiger partial charge in [-0.25, -0.2) is 0 Å². The zero-order chi connectivity index (χ0) is 10.5. The molecule has 0 heterocycles. The standard InChI is InChI=1S/C11H23NO/c1-6-9(3)10(13)8-12-11(4,5)7-2/h9,12H,6-8H2,1-5H3. The van der Waals surface area contributed by atoms with Gasteiger partial charge in [0.1, 0.15) is 5.78 Å². The van der Waals surface area contributed by atoms with E-state index in [1.54, 1.807) is 0 Å². The Hall–Kier alpha value is -0.370. The van der Waals surface area contributed by atoms with Gasteiger partial charge in [-0.3, -0.25) is 4.79 Å². The third-order valence-electron chi connectivity index (χ3n) is 2.79. The largest absolute Gasteiger partial charge is 0.305 e. The lowest BCUT2D eigenvalue weighted by atomic mass is 9.99. The lowest BCUT2D eigenvalue weighted by Gasteiger charge is -2.24. The number of hydrogen-bond acceptors (Lipinski definition) is 2. The third kappa shape index (κ3) is 5.04. The Labute approximate surface area is 82.1 Å². The van der Waals surface area contributed by atoms with Crippen molar-refractivity contribution in [2.24, 2.45) is 5.92 Å². The molecule has 0 aliphatic rings. The minimum absolute atomic E-state index is 0.0864. The summed E-state index contributed by atoms with van der Waals surface area (Å²) in [5, 5.41) is 3.27. The SMILES string of the molecule is CCC(C)C(=O)CNC(C)(C)CC. The molecule has 0 rings (SSSR count). The van der Waals surface area contributed by atoms with E-state index in [9.17, 15) is 4.79 Å². The van der Waals surface area contributed by atoms with Gasteiger partial charge in [0.2, 0.25) is 0 Å². The number of rotatable bonds is 6. The average molecular weight is 185 g/mol. The van der Waals surface area contributed by atoms with Gasteiger partial charge in [-0.1, -0.05) is 20.8 Å². The molecule has 78 valence electrons. The van der Waals surface area contributed by atoms with Crippen molar-refractivity contribution in [3.05, 3.63) is 0 Å². The Morgan fingerprint density at radius 1 is 1.38 bits per heavy atom. The van der Waals surface area contributed by atoms with E-state index in [1.807, 2.05) is 13.8 Å². The molecule has 0 aliphatic heterocycles. The minimum atomic E-state index is 0.0864. The molecule has 0 aromatic rings. The Morgan fingerprint density at radius 3 is 2.31 bits per heavy atom. The van der Waals surface area contributed by atoms with Gasteiger partial charge in [0.05, 0.1) is 6.54 Å². The predicted molar refractivity (Wildman–Crippen MR) is 56.8 cm³/mol. The number of carbonyl (C=O) groups is 1. The molecule has 0 aliphatic carbocycles. The van der Waals surface area contributed by atoms with Crippen LogP contribution in [0.1, 0.15) is 47.5 Å². The first-order chi connectivity index (χ1) is 5.93. The van der Waals surface area contributed by atoms with Gasteiger partial charge in [0.15, 0.2) is 0 Å². The van der Waals surface area contributed by atoms with E-state index in [2.05, 4.69) is 26.1 Å². The molecule has 0 saturated carbocycles. The maximum atomic E-state index is 11.5. The smallest absolute Gasteiger partial charge is 0.149 e. The summed E-state index contributed by atoms with van der Waals surface area (Å²) >= 11 is 0. The highest BCUT2D eigenvalue weighted by Gasteiger charge is 2.17. The van der Waals surface area contributed by atoms with Crippen molar-refractivity contribution in [3.8, 4) is 0 Å². The van der Waals surface area contributed by atoms with E-state index < -0.39 is 0 Å². The molecule has 0 aromatic heterocycles. The quantitative estimate of drug-likeness (QED) is 0.688. The molecule has 0 bridgehead atoms. The number of hydrogen-bond donors (Lipinski definition) is 1. The number of Topliss-reactive ketones (excluding diaryl/α,β-unsaturated/α-hetero) is 1. The summed E-state index contributed by atoms with van der Waals surface area (Å²) in [6.07, 6.45) is 1.98. The van der Waals surface area contributed by atoms with E-state index in [0.29, 0.717) is 12.3 Å². The molecule has 0 spiro atoms. The molecule has 2 nitrogen and oxygen atoms in total. The highest BCUT2D eigenvalue weighted by molar-refractivity contribution is 5.82. The van der Waals surface area contributed by atoms with E-state index >= 15 is 0 Å². The zero-order valence-electron chi connectivity index (χ0n) is 9.61. The van der Waals surface area contributed by atoms with Gasteiger partial charge in [-0.15, -0.1) is 0 Å². The van der Waals surface area contributed by atoms with Crippen molar-refractivity contribution in [2.75, 3.05) is 6.54 Å². The second kappa shape index (κ2) is 5.38. The average Bonchev–Trinajstić information content (AvgIpc) is 2.13. The van der Waals surface area contributed by atoms with Crippen LogP contribution < -0.4 is 5.32 Å². The molecule has 1 unspecified atom stereocenters. The van der Waals surface area contributed by atoms with Crippen molar-refractivity contribution in [1.29, 1.82) is 0 Å². The van der Waals surface area contributed by atoms with Crippen LogP contribution in [0.4, 0.5) is 0 Å². The van der Waals surface area contributed by atoms with Crippen molar-refractivity contribution in [3.63, 3.8) is 0 Å². The highest BCUT2D eigenvalue weighted by Crippen LogP contribution is 2.07. The van der Waals surface area contributed by atoms with Crippen molar-refractivity contribution < 1.29 is 4.79 Å². The van der Waals surface area contributed by atoms with Crippen LogP contribution in [-0.2, 0) is 4.79 Å². The van der Waals surface area contributed by atoms with E-state index in [-0.39, 0.29) is 11.5 Å². The maximum absolute atomic E-state index is 11.5. The molecule has 0 saturated heterocycles. The molecule has 0 fully saturated rings. The van der Waals surface area contributed by atoms with Gasteiger partial charge in [0, 0.05) is 11.5 Å². The van der Waals surface area contributed by atoms with Gasteiger partial charge < -0.3 is 5.32 Å². The molecule has 1 atom stereocenters. The second-order valence-corrected chi connectivity index (χ2v) is 4.37. The first-order valence-electron chi connectivity index (χ1n) is 5.20. The topological polar surface area (TPSA) is 29.1 Å². The Morgan fingerprint density at radius 2 is 1.92 bits per heavy atom. The molecule has 0 radical (unpaired) electrons. The molecule has 0 aromatic carbocycles. The first-order valence-corrected chi connectivity index (χ1v) is 5.20. The van der Waals surface area contributed by atoms with Crippen molar-refractivity contribution in [1.82, 2.24) is 5.32 Å². The lowest BCUT2D eigenvalue weighted by molar-refractivity contribution is -0.121. The van der Waals surface area contributed by atoms with E-state index in [4.69, 9.17) is 0 Å². The van der Waals surface area contributed by atoms with Crippen LogP contribution in [0.15, 0.2) is 0 Å². The summed E-state index contributed by atoms with van der Waals surface area (Å²) in [7, 11) is 0. The molecule has 2 heteroatoms. The van der Waals surface area contributed by atoms with E-state index in [0.717, 1.165) is 12.8 Å². The minimum Gasteiger partial charge on any atom is -0.305 e. The van der Waals surface area contributed by atoms with Crippen LogP contribution in [0.3, 0.4) is 0 Å². The summed E-state index contributed by atoms with van der Waals surface area (Å²) in [4.78, 5) is 11.5. The Balaban J connectivity index is 3.83. The maximum Gasteiger partial charge on any atom is 0.149 e. The highest BCUT2D eigenvalue weighted by atomic mass is 16.1. The second-order valence-electron chi connectivity index (χ2n) is 4.37. The van der Waals surface area contributed by atoms with Crippen LogP contribution >= 0.6 is 0 Å². The van der Waals surface area contributed by atoms with Gasteiger partial charge in [-0.2, -0.15) is 0 Å². The molecule has 13 heavy (non-hydrogen) atoms. The van der Waals surface area contributed by atoms with Gasteiger partial charge in [-0.05, 0) is 26.7 Å². The van der Waals surface area contributed by atoms with Crippen LogP contribution in [0, 0.1) is 5.92 Å². The third-order valence-corrected chi connectivity index (χ3v) is 2.79. The Bertz CT molecular complexity index is 163. The molecule has 0 amide bonds.